The molecule has 0 radical (unpaired) electrons. The highest BCUT2D eigenvalue weighted by atomic mass is 79.9. The average molecular weight is 191 g/mol. The van der Waals surface area contributed by atoms with Crippen LogP contribution in [0.5, 0.6) is 0 Å². The molecule has 1 heterocycles. The summed E-state index contributed by atoms with van der Waals surface area (Å²) in [6.07, 6.45) is 0. The maximum Gasteiger partial charge on any atom is 0.129 e. The Balaban J connectivity index is 2.74. The lowest BCUT2D eigenvalue weighted by Crippen LogP contribution is -1.74. The average Bonchev–Trinajstić information content (AvgIpc) is 2.34. The van der Waals surface area contributed by atoms with Gasteiger partial charge < -0.3 is 9.52 Å². The Morgan fingerprint density at radius 3 is 2.44 bits per heavy atom. The molecule has 0 atom stereocenters. The Labute approximate surface area is 61.6 Å². The Morgan fingerprint density at radius 1 is 1.44 bits per heavy atom. The SMILES string of the molecule is OCc1ccc(CBr)o1. The molecule has 50 valence electrons. The molecule has 3 heteroatoms. The normalized spacial score (nSPS) is 10.0. The fraction of sp³-hybridized carbons (Fsp3) is 0.333. The first-order chi connectivity index (χ1) is 4.36. The van der Waals surface area contributed by atoms with Gasteiger partial charge in [0.2, 0.25) is 0 Å². The molecule has 0 fully saturated rings. The van der Waals surface area contributed by atoms with Gasteiger partial charge >= 0.3 is 0 Å². The van der Waals surface area contributed by atoms with Crippen molar-refractivity contribution in [2.24, 2.45) is 0 Å². The van der Waals surface area contributed by atoms with Crippen LogP contribution in [-0.4, -0.2) is 5.11 Å². The fourth-order valence-electron chi connectivity index (χ4n) is 0.579. The van der Waals surface area contributed by atoms with Crippen LogP contribution in [0.15, 0.2) is 16.5 Å². The predicted molar refractivity (Wildman–Crippen MR) is 37.3 cm³/mol. The minimum atomic E-state index is -0.0208. The highest BCUT2D eigenvalue weighted by Crippen LogP contribution is 2.10. The largest absolute Gasteiger partial charge is 0.463 e. The Morgan fingerprint density at radius 2 is 2.11 bits per heavy atom. The van der Waals surface area contributed by atoms with Crippen LogP contribution in [0.25, 0.3) is 0 Å². The second-order valence-corrected chi connectivity index (χ2v) is 2.22. The summed E-state index contributed by atoms with van der Waals surface area (Å²) in [7, 11) is 0. The maximum absolute atomic E-state index is 8.54. The van der Waals surface area contributed by atoms with Crippen LogP contribution in [0.2, 0.25) is 0 Å². The highest BCUT2D eigenvalue weighted by Gasteiger charge is 1.96. The zero-order chi connectivity index (χ0) is 6.69. The van der Waals surface area contributed by atoms with Gasteiger partial charge in [0.1, 0.15) is 18.1 Å². The quantitative estimate of drug-likeness (QED) is 0.721. The summed E-state index contributed by atoms with van der Waals surface area (Å²) in [4.78, 5) is 0. The van der Waals surface area contributed by atoms with E-state index in [-0.39, 0.29) is 6.61 Å². The lowest BCUT2D eigenvalue weighted by atomic mass is 10.4. The van der Waals surface area contributed by atoms with Crippen molar-refractivity contribution < 1.29 is 9.52 Å². The molecule has 0 saturated heterocycles. The van der Waals surface area contributed by atoms with Crippen molar-refractivity contribution in [1.82, 2.24) is 0 Å². The molecule has 1 aromatic heterocycles. The number of furan rings is 1. The maximum atomic E-state index is 8.54. The molecular weight excluding hydrogens is 184 g/mol. The molecule has 0 bridgehead atoms. The van der Waals surface area contributed by atoms with Crippen molar-refractivity contribution >= 4 is 15.9 Å². The van der Waals surface area contributed by atoms with Gasteiger partial charge in [0, 0.05) is 0 Å². The second-order valence-electron chi connectivity index (χ2n) is 1.66. The van der Waals surface area contributed by atoms with Crippen molar-refractivity contribution in [2.45, 2.75) is 11.9 Å². The molecule has 0 aliphatic carbocycles. The summed E-state index contributed by atoms with van der Waals surface area (Å²) < 4.78 is 5.09. The molecule has 9 heavy (non-hydrogen) atoms. The number of hydrogen-bond donors (Lipinski definition) is 1. The van der Waals surface area contributed by atoms with Gasteiger partial charge in [-0.1, -0.05) is 15.9 Å². The van der Waals surface area contributed by atoms with Crippen molar-refractivity contribution in [3.63, 3.8) is 0 Å². The van der Waals surface area contributed by atoms with Gasteiger partial charge in [-0.05, 0) is 12.1 Å². The summed E-state index contributed by atoms with van der Waals surface area (Å²) in [6, 6.07) is 3.59. The zero-order valence-corrected chi connectivity index (χ0v) is 6.39. The third kappa shape index (κ3) is 1.56. The molecule has 0 spiro atoms. The lowest BCUT2D eigenvalue weighted by molar-refractivity contribution is 0.244. The summed E-state index contributed by atoms with van der Waals surface area (Å²) in [5, 5.41) is 9.24. The van der Waals surface area contributed by atoms with E-state index in [0.29, 0.717) is 11.1 Å². The summed E-state index contributed by atoms with van der Waals surface area (Å²) >= 11 is 3.22. The zero-order valence-electron chi connectivity index (χ0n) is 4.80. The van der Waals surface area contributed by atoms with Gasteiger partial charge in [0.15, 0.2) is 0 Å². The monoisotopic (exact) mass is 190 g/mol. The molecular formula is C6H7BrO2. The van der Waals surface area contributed by atoms with E-state index in [1.165, 1.54) is 0 Å². The summed E-state index contributed by atoms with van der Waals surface area (Å²) in [6.45, 7) is -0.0208. The number of aliphatic hydroxyl groups is 1. The van der Waals surface area contributed by atoms with Crippen LogP contribution in [0.1, 0.15) is 11.5 Å². The van der Waals surface area contributed by atoms with Crippen molar-refractivity contribution in [2.75, 3.05) is 0 Å². The number of aliphatic hydroxyl groups excluding tert-OH is 1. The number of rotatable bonds is 2. The Kier molecular flexibility index (Phi) is 2.30. The van der Waals surface area contributed by atoms with Crippen molar-refractivity contribution in [1.29, 1.82) is 0 Å². The van der Waals surface area contributed by atoms with E-state index in [4.69, 9.17) is 9.52 Å². The van der Waals surface area contributed by atoms with Gasteiger partial charge in [-0.2, -0.15) is 0 Å². The predicted octanol–water partition coefficient (Wildman–Crippen LogP) is 1.67. The minimum absolute atomic E-state index is 0.0208. The highest BCUT2D eigenvalue weighted by molar-refractivity contribution is 9.08. The third-order valence-corrected chi connectivity index (χ3v) is 1.56. The lowest BCUT2D eigenvalue weighted by Gasteiger charge is -1.85. The standard InChI is InChI=1S/C6H7BrO2/c7-3-5-1-2-6(4-8)9-5/h1-2,8H,3-4H2. The van der Waals surface area contributed by atoms with E-state index in [0.717, 1.165) is 5.76 Å². The second kappa shape index (κ2) is 3.03. The van der Waals surface area contributed by atoms with Gasteiger partial charge in [-0.15, -0.1) is 0 Å². The van der Waals surface area contributed by atoms with Crippen LogP contribution in [0.3, 0.4) is 0 Å². The summed E-state index contributed by atoms with van der Waals surface area (Å²) in [5.41, 5.74) is 0. The van der Waals surface area contributed by atoms with Crippen molar-refractivity contribution in [3.8, 4) is 0 Å². The number of halogens is 1. The van der Waals surface area contributed by atoms with E-state index < -0.39 is 0 Å². The molecule has 0 aromatic carbocycles. The van der Waals surface area contributed by atoms with Gasteiger partial charge in [0.25, 0.3) is 0 Å². The molecule has 0 aliphatic rings. The van der Waals surface area contributed by atoms with Gasteiger partial charge in [-0.25, -0.2) is 0 Å². The van der Waals surface area contributed by atoms with Crippen LogP contribution >= 0.6 is 15.9 Å². The molecule has 0 aliphatic heterocycles. The van der Waals surface area contributed by atoms with E-state index in [2.05, 4.69) is 15.9 Å². The smallest absolute Gasteiger partial charge is 0.129 e. The van der Waals surface area contributed by atoms with Crippen molar-refractivity contribution in [3.05, 3.63) is 23.7 Å². The third-order valence-electron chi connectivity index (χ3n) is 1.00. The molecule has 2 nitrogen and oxygen atoms in total. The van der Waals surface area contributed by atoms with Crippen LogP contribution in [0, 0.1) is 0 Å². The first-order valence-corrected chi connectivity index (χ1v) is 3.73. The molecule has 0 amide bonds. The van der Waals surface area contributed by atoms with E-state index in [1.54, 1.807) is 6.07 Å². The summed E-state index contributed by atoms with van der Waals surface area (Å²) in [5.74, 6) is 1.46. The molecule has 0 unspecified atom stereocenters. The topological polar surface area (TPSA) is 33.4 Å². The van der Waals surface area contributed by atoms with E-state index in [1.807, 2.05) is 6.07 Å². The molecule has 1 rings (SSSR count). The number of alkyl halides is 1. The first-order valence-electron chi connectivity index (χ1n) is 2.61. The Hall–Kier alpha value is -0.280. The van der Waals surface area contributed by atoms with Gasteiger partial charge in [-0.3, -0.25) is 0 Å². The molecule has 1 N–H and O–H groups in total. The molecule has 0 saturated carbocycles. The minimum Gasteiger partial charge on any atom is -0.463 e. The van der Waals surface area contributed by atoms with Crippen LogP contribution < -0.4 is 0 Å². The fourth-order valence-corrected chi connectivity index (χ4v) is 0.880. The number of hydrogen-bond acceptors (Lipinski definition) is 2. The first kappa shape index (κ1) is 6.83. The van der Waals surface area contributed by atoms with Crippen LogP contribution in [-0.2, 0) is 11.9 Å². The van der Waals surface area contributed by atoms with Gasteiger partial charge in [0.05, 0.1) is 5.33 Å². The molecule has 1 aromatic rings. The van der Waals surface area contributed by atoms with Crippen LogP contribution in [0.4, 0.5) is 0 Å². The van der Waals surface area contributed by atoms with E-state index in [9.17, 15) is 0 Å². The Bertz CT molecular complexity index is 164. The van der Waals surface area contributed by atoms with E-state index >= 15 is 0 Å².